The van der Waals surface area contributed by atoms with Gasteiger partial charge in [0.2, 0.25) is 0 Å². The van der Waals surface area contributed by atoms with Crippen molar-refractivity contribution in [3.8, 4) is 5.75 Å². The maximum Gasteiger partial charge on any atom is 0.327 e. The van der Waals surface area contributed by atoms with Crippen molar-refractivity contribution in [2.75, 3.05) is 76.4 Å². The molecule has 208 valence electrons. The monoisotopic (exact) mass is 552 g/mol. The van der Waals surface area contributed by atoms with Crippen LogP contribution in [0, 0.1) is 6.92 Å². The molecule has 0 spiro atoms. The fourth-order valence-corrected chi connectivity index (χ4v) is 5.85. The number of nitrogens with one attached hydrogen (secondary N) is 2. The highest BCUT2D eigenvalue weighted by atomic mass is 32.1. The average Bonchev–Trinajstić information content (AvgIpc) is 3.32. The van der Waals surface area contributed by atoms with Crippen molar-refractivity contribution in [2.24, 2.45) is 0 Å². The van der Waals surface area contributed by atoms with Crippen LogP contribution in [0.2, 0.25) is 0 Å². The fraction of sp³-hybridized carbons (Fsp3) is 0.464. The molecule has 2 fully saturated rings. The van der Waals surface area contributed by atoms with Gasteiger partial charge < -0.3 is 19.3 Å². The molecular formula is C28H36N6O4S. The molecule has 0 saturated carbocycles. The number of rotatable bonds is 7. The van der Waals surface area contributed by atoms with E-state index in [-0.39, 0.29) is 0 Å². The average molecular weight is 553 g/mol. The number of morpholine rings is 1. The Balaban J connectivity index is 1.25. The number of thiazole rings is 1. The number of hydrogen-bond acceptors (Lipinski definition) is 9. The van der Waals surface area contributed by atoms with Gasteiger partial charge in [0, 0.05) is 51.4 Å². The molecule has 0 atom stereocenters. The Kier molecular flexibility index (Phi) is 8.61. The molecule has 3 aromatic rings. The molecule has 0 unspecified atom stereocenters. The quantitative estimate of drug-likeness (QED) is 0.459. The first kappa shape index (κ1) is 27.3. The van der Waals surface area contributed by atoms with Gasteiger partial charge in [0.15, 0.2) is 5.13 Å². The van der Waals surface area contributed by atoms with Crippen LogP contribution in [0.25, 0.3) is 10.2 Å². The molecule has 39 heavy (non-hydrogen) atoms. The van der Waals surface area contributed by atoms with Crippen LogP contribution in [-0.2, 0) is 11.3 Å². The Morgan fingerprint density at radius 3 is 2.59 bits per heavy atom. The standard InChI is InChI=1S/C28H36N6O4S/c1-4-38-24-15-19(2)21(17-23(24)34-11-13-37-14-12-34)26(35)30-27(36)31-28-29-22-6-5-20(16-25(22)39-28)18-33-9-7-32(3)8-10-33/h5-6,15-17H,4,7-14,18H2,1-3H3,(H2,29,30,31,35,36). The van der Waals surface area contributed by atoms with Crippen molar-refractivity contribution < 1.29 is 19.1 Å². The molecule has 3 heterocycles. The largest absolute Gasteiger partial charge is 0.492 e. The number of anilines is 2. The maximum atomic E-state index is 13.1. The predicted molar refractivity (Wildman–Crippen MR) is 154 cm³/mol. The molecular weight excluding hydrogens is 516 g/mol. The summed E-state index contributed by atoms with van der Waals surface area (Å²) >= 11 is 1.40. The van der Waals surface area contributed by atoms with E-state index < -0.39 is 11.9 Å². The van der Waals surface area contributed by atoms with E-state index in [1.807, 2.05) is 26.0 Å². The van der Waals surface area contributed by atoms with E-state index >= 15 is 0 Å². The first-order chi connectivity index (χ1) is 18.9. The molecule has 1 aromatic heterocycles. The van der Waals surface area contributed by atoms with Gasteiger partial charge in [-0.3, -0.25) is 20.3 Å². The third kappa shape index (κ3) is 6.67. The highest BCUT2D eigenvalue weighted by Crippen LogP contribution is 2.33. The number of amides is 3. The van der Waals surface area contributed by atoms with E-state index in [2.05, 4.69) is 49.5 Å². The smallest absolute Gasteiger partial charge is 0.327 e. The number of aryl methyl sites for hydroxylation is 1. The third-order valence-corrected chi connectivity index (χ3v) is 8.04. The molecule has 5 rings (SSSR count). The van der Waals surface area contributed by atoms with E-state index in [0.717, 1.165) is 59.9 Å². The molecule has 10 nitrogen and oxygen atoms in total. The van der Waals surface area contributed by atoms with E-state index in [0.29, 0.717) is 43.6 Å². The lowest BCUT2D eigenvalue weighted by Crippen LogP contribution is -2.43. The number of carbonyl (C=O) groups is 2. The van der Waals surface area contributed by atoms with Crippen molar-refractivity contribution in [3.63, 3.8) is 0 Å². The molecule has 2 aliphatic rings. The first-order valence-corrected chi connectivity index (χ1v) is 14.2. The number of aromatic nitrogens is 1. The molecule has 0 radical (unpaired) electrons. The maximum absolute atomic E-state index is 13.1. The van der Waals surface area contributed by atoms with Gasteiger partial charge in [-0.15, -0.1) is 0 Å². The Hall–Kier alpha value is -3.25. The fourth-order valence-electron chi connectivity index (χ4n) is 4.92. The number of urea groups is 1. The highest BCUT2D eigenvalue weighted by Gasteiger charge is 2.22. The summed E-state index contributed by atoms with van der Waals surface area (Å²) in [6.07, 6.45) is 0. The Labute approximate surface area is 232 Å². The minimum Gasteiger partial charge on any atom is -0.492 e. The van der Waals surface area contributed by atoms with Crippen LogP contribution in [0.3, 0.4) is 0 Å². The van der Waals surface area contributed by atoms with Crippen LogP contribution in [0.5, 0.6) is 5.75 Å². The van der Waals surface area contributed by atoms with Crippen molar-refractivity contribution in [3.05, 3.63) is 47.0 Å². The zero-order chi connectivity index (χ0) is 27.4. The van der Waals surface area contributed by atoms with Crippen LogP contribution >= 0.6 is 11.3 Å². The molecule has 11 heteroatoms. The summed E-state index contributed by atoms with van der Waals surface area (Å²) in [4.78, 5) is 37.3. The SMILES string of the molecule is CCOc1cc(C)c(C(=O)NC(=O)Nc2nc3ccc(CN4CCN(C)CC4)cc3s2)cc1N1CCOCC1. The van der Waals surface area contributed by atoms with E-state index in [1.54, 1.807) is 6.07 Å². The zero-order valence-corrected chi connectivity index (χ0v) is 23.6. The van der Waals surface area contributed by atoms with Crippen LogP contribution in [0.1, 0.15) is 28.4 Å². The van der Waals surface area contributed by atoms with Gasteiger partial charge in [0.05, 0.1) is 35.7 Å². The number of fused-ring (bicyclic) bond motifs is 1. The Morgan fingerprint density at radius 2 is 1.85 bits per heavy atom. The van der Waals surface area contributed by atoms with Crippen LogP contribution < -0.4 is 20.3 Å². The lowest BCUT2D eigenvalue weighted by molar-refractivity contribution is 0.0966. The van der Waals surface area contributed by atoms with E-state index in [4.69, 9.17) is 9.47 Å². The first-order valence-electron chi connectivity index (χ1n) is 13.4. The molecule has 2 saturated heterocycles. The second-order valence-corrected chi connectivity index (χ2v) is 11.0. The molecule has 2 aliphatic heterocycles. The lowest BCUT2D eigenvalue weighted by atomic mass is 10.1. The van der Waals surface area contributed by atoms with Gasteiger partial charge in [0.1, 0.15) is 5.75 Å². The van der Waals surface area contributed by atoms with Crippen molar-refractivity contribution in [1.82, 2.24) is 20.1 Å². The minimum atomic E-state index is -0.613. The number of imide groups is 1. The van der Waals surface area contributed by atoms with Crippen LogP contribution in [0.4, 0.5) is 15.6 Å². The second-order valence-electron chi connectivity index (χ2n) is 9.98. The van der Waals surface area contributed by atoms with Crippen LogP contribution in [0.15, 0.2) is 30.3 Å². The number of carbonyl (C=O) groups excluding carboxylic acids is 2. The molecule has 2 N–H and O–H groups in total. The topological polar surface area (TPSA) is 99.3 Å². The predicted octanol–water partition coefficient (Wildman–Crippen LogP) is 3.55. The van der Waals surface area contributed by atoms with Gasteiger partial charge >= 0.3 is 6.03 Å². The van der Waals surface area contributed by atoms with Gasteiger partial charge in [-0.2, -0.15) is 0 Å². The molecule has 3 amide bonds. The summed E-state index contributed by atoms with van der Waals surface area (Å²) < 4.78 is 12.3. The summed E-state index contributed by atoms with van der Waals surface area (Å²) in [6, 6.07) is 9.26. The van der Waals surface area contributed by atoms with Gasteiger partial charge in [0.25, 0.3) is 5.91 Å². The number of likely N-dealkylation sites (N-methyl/N-ethyl adjacent to an activating group) is 1. The molecule has 0 aliphatic carbocycles. The van der Waals surface area contributed by atoms with Gasteiger partial charge in [-0.05, 0) is 56.3 Å². The van der Waals surface area contributed by atoms with Crippen molar-refractivity contribution >= 4 is 44.3 Å². The van der Waals surface area contributed by atoms with Crippen molar-refractivity contribution in [1.29, 1.82) is 0 Å². The number of benzene rings is 2. The second kappa shape index (κ2) is 12.3. The van der Waals surface area contributed by atoms with Gasteiger partial charge in [-0.1, -0.05) is 17.4 Å². The van der Waals surface area contributed by atoms with Crippen LogP contribution in [-0.4, -0.2) is 92.9 Å². The highest BCUT2D eigenvalue weighted by molar-refractivity contribution is 7.22. The number of hydrogen-bond donors (Lipinski definition) is 2. The minimum absolute atomic E-state index is 0.424. The summed E-state index contributed by atoms with van der Waals surface area (Å²) in [5.74, 6) is 0.248. The summed E-state index contributed by atoms with van der Waals surface area (Å²) in [7, 11) is 2.15. The zero-order valence-electron chi connectivity index (χ0n) is 22.8. The summed E-state index contributed by atoms with van der Waals surface area (Å²) in [5, 5.41) is 5.65. The Bertz CT molecular complexity index is 1330. The lowest BCUT2D eigenvalue weighted by Gasteiger charge is -2.32. The van der Waals surface area contributed by atoms with E-state index in [1.165, 1.54) is 16.9 Å². The number of nitrogens with zero attached hydrogens (tertiary/aromatic N) is 4. The Morgan fingerprint density at radius 1 is 1.08 bits per heavy atom. The number of piperazine rings is 1. The van der Waals surface area contributed by atoms with E-state index in [9.17, 15) is 9.59 Å². The number of ether oxygens (including phenoxy) is 2. The summed E-state index contributed by atoms with van der Waals surface area (Å²) in [6.45, 7) is 12.1. The summed E-state index contributed by atoms with van der Waals surface area (Å²) in [5.41, 5.74) is 4.03. The van der Waals surface area contributed by atoms with Crippen molar-refractivity contribution in [2.45, 2.75) is 20.4 Å². The molecule has 0 bridgehead atoms. The van der Waals surface area contributed by atoms with Gasteiger partial charge in [-0.25, -0.2) is 9.78 Å². The third-order valence-electron chi connectivity index (χ3n) is 7.10. The molecule has 2 aromatic carbocycles. The normalized spacial score (nSPS) is 16.8.